The van der Waals surface area contributed by atoms with Crippen LogP contribution in [0.5, 0.6) is 0 Å². The Bertz CT molecular complexity index is 1620. The molecule has 17 heteroatoms. The van der Waals surface area contributed by atoms with Gasteiger partial charge in [-0.05, 0) is 87.5 Å². The van der Waals surface area contributed by atoms with Crippen molar-refractivity contribution >= 4 is 11.8 Å². The largest absolute Gasteiger partial charge is 0.379 e. The van der Waals surface area contributed by atoms with E-state index in [1.54, 1.807) is 49.4 Å². The number of ether oxygens (including phenoxy) is 6. The van der Waals surface area contributed by atoms with Crippen LogP contribution in [0.15, 0.2) is 91.0 Å². The van der Waals surface area contributed by atoms with E-state index in [-0.39, 0.29) is 34.1 Å². The summed E-state index contributed by atoms with van der Waals surface area (Å²) < 4.78 is 29.7. The van der Waals surface area contributed by atoms with Crippen molar-refractivity contribution in [1.29, 1.82) is 0 Å². The zero-order valence-corrected chi connectivity index (χ0v) is 53.7. The average Bonchev–Trinajstić information content (AvgIpc) is 4.23. The quantitative estimate of drug-likeness (QED) is 0.179. The summed E-state index contributed by atoms with van der Waals surface area (Å²) in [5.74, 6) is 0.404. The molecule has 3 aromatic rings. The Labute approximate surface area is 516 Å². The molecule has 9 rings (SSSR count). The van der Waals surface area contributed by atoms with Crippen molar-refractivity contribution in [1.82, 2.24) is 44.1 Å². The van der Waals surface area contributed by atoms with Gasteiger partial charge < -0.3 is 48.0 Å². The molecule has 6 fully saturated rings. The third kappa shape index (κ3) is 53.5. The number of likely N-dealkylation sites (tertiary alicyclic amines) is 3. The summed E-state index contributed by atoms with van der Waals surface area (Å²) in [6.45, 7) is 32.1. The highest BCUT2D eigenvalue weighted by atomic mass is 16.5. The molecule has 0 aromatic heterocycles. The van der Waals surface area contributed by atoms with Gasteiger partial charge in [0.25, 0.3) is 0 Å². The van der Waals surface area contributed by atoms with Gasteiger partial charge in [0, 0.05) is 154 Å². The molecule has 6 aliphatic heterocycles. The predicted molar refractivity (Wildman–Crippen MR) is 356 cm³/mol. The second kappa shape index (κ2) is 60.8. The first-order valence-electron chi connectivity index (χ1n) is 29.6. The molecular formula is C67H129N9O8. The average molecular weight is 1190 g/mol. The van der Waals surface area contributed by atoms with Gasteiger partial charge in [0.2, 0.25) is 11.8 Å². The van der Waals surface area contributed by atoms with Crippen LogP contribution in [0.3, 0.4) is 0 Å². The number of piperidine rings is 1. The summed E-state index contributed by atoms with van der Waals surface area (Å²) >= 11 is 0. The van der Waals surface area contributed by atoms with E-state index < -0.39 is 0 Å². The number of hydrogen-bond donors (Lipinski definition) is 0. The SMILES string of the molecule is C.C.C.CC(=O)N1CCN(C)CC1.CC(=O)N1CCN(C)CC1.COCN(C)C.COCN1CCCC1.COCN1CCCC1.COCN1CCCCC1.COCN1CCOCC1.Cc1ccccc1.Cc1ccccc1.Cc1ccccc1. The van der Waals surface area contributed by atoms with Crippen molar-refractivity contribution in [2.75, 3.05) is 215 Å². The second-order valence-corrected chi connectivity index (χ2v) is 21.3. The summed E-state index contributed by atoms with van der Waals surface area (Å²) in [4.78, 5) is 41.0. The topological polar surface area (TPSA) is 119 Å². The van der Waals surface area contributed by atoms with Gasteiger partial charge in [0.1, 0.15) is 0 Å². The fraction of sp³-hybridized carbons (Fsp3) is 0.701. The Morgan fingerprint density at radius 2 is 0.643 bits per heavy atom. The molecule has 0 atom stereocenters. The van der Waals surface area contributed by atoms with Crippen molar-refractivity contribution in [2.24, 2.45) is 0 Å². The van der Waals surface area contributed by atoms with Crippen LogP contribution in [0, 0.1) is 20.8 Å². The van der Waals surface area contributed by atoms with Crippen LogP contribution in [-0.4, -0.2) is 271 Å². The van der Waals surface area contributed by atoms with Crippen LogP contribution in [0.2, 0.25) is 0 Å². The number of carbonyl (C=O) groups excluding carboxylic acids is 2. The van der Waals surface area contributed by atoms with Crippen molar-refractivity contribution < 1.29 is 38.0 Å². The van der Waals surface area contributed by atoms with E-state index in [4.69, 9.17) is 28.4 Å². The molecule has 6 saturated heterocycles. The van der Waals surface area contributed by atoms with E-state index in [0.717, 1.165) is 106 Å². The van der Waals surface area contributed by atoms with E-state index in [2.05, 4.69) is 101 Å². The van der Waals surface area contributed by atoms with E-state index in [1.165, 1.54) is 101 Å². The minimum atomic E-state index is 0. The monoisotopic (exact) mass is 1190 g/mol. The highest BCUT2D eigenvalue weighted by Crippen LogP contribution is 2.08. The first kappa shape index (κ1) is 86.5. The molecule has 2 amide bonds. The van der Waals surface area contributed by atoms with E-state index >= 15 is 0 Å². The van der Waals surface area contributed by atoms with Gasteiger partial charge >= 0.3 is 0 Å². The van der Waals surface area contributed by atoms with Crippen LogP contribution < -0.4 is 0 Å². The number of rotatable bonds is 10. The lowest BCUT2D eigenvalue weighted by Gasteiger charge is -2.31. The molecule has 84 heavy (non-hydrogen) atoms. The summed E-state index contributed by atoms with van der Waals surface area (Å²) in [5.41, 5.74) is 3.97. The molecule has 6 aliphatic rings. The molecule has 0 unspecified atom stereocenters. The minimum Gasteiger partial charge on any atom is -0.379 e. The summed E-state index contributed by atoms with van der Waals surface area (Å²) in [5, 5.41) is 0. The van der Waals surface area contributed by atoms with Crippen molar-refractivity contribution in [2.45, 2.75) is 102 Å². The standard InChI is InChI=1S/2C7H14N2O.C7H15NO.3C7H8.C6H13NO2.2C6H13NO.C4H11NO.3CH4/c2*1-7(10)9-5-3-8(2)4-6-9;1-9-7-8-5-3-2-4-6-8;3*1-7-5-3-2-4-6-7;1-8-6-7-2-4-9-5-3-7;2*1-8-6-7-4-2-3-5-7;1-5(2)4-6-3;;;/h2*3-6H2,1-2H3;2-7H2,1H3;3*2-6H,1H3;2-6H2,1H3;2*2-6H2,1H3;4H2,1-3H3;3*1H4. The van der Waals surface area contributed by atoms with Gasteiger partial charge in [0.05, 0.1) is 46.9 Å². The summed E-state index contributed by atoms with van der Waals surface area (Å²) in [6, 6.07) is 30.8. The lowest BCUT2D eigenvalue weighted by atomic mass is 10.1. The van der Waals surface area contributed by atoms with Gasteiger partial charge in [0.15, 0.2) is 0 Å². The molecule has 0 N–H and O–H groups in total. The van der Waals surface area contributed by atoms with Crippen molar-refractivity contribution in [3.8, 4) is 0 Å². The minimum absolute atomic E-state index is 0. The van der Waals surface area contributed by atoms with Crippen LogP contribution >= 0.6 is 0 Å². The number of morpholine rings is 1. The van der Waals surface area contributed by atoms with E-state index in [1.807, 2.05) is 83.4 Å². The van der Waals surface area contributed by atoms with Gasteiger partial charge in [-0.2, -0.15) is 0 Å². The number of likely N-dealkylation sites (N-methyl/N-ethyl adjacent to an activating group) is 2. The van der Waals surface area contributed by atoms with Gasteiger partial charge in [-0.25, -0.2) is 0 Å². The predicted octanol–water partition coefficient (Wildman–Crippen LogP) is 9.98. The maximum atomic E-state index is 10.8. The molecule has 3 aromatic carbocycles. The van der Waals surface area contributed by atoms with Crippen LogP contribution in [0.25, 0.3) is 0 Å². The lowest BCUT2D eigenvalue weighted by molar-refractivity contribution is -0.131. The number of amides is 2. The molecule has 0 radical (unpaired) electrons. The van der Waals surface area contributed by atoms with Crippen LogP contribution in [0.4, 0.5) is 0 Å². The first-order valence-corrected chi connectivity index (χ1v) is 29.6. The molecule has 0 bridgehead atoms. The Kier molecular flexibility index (Phi) is 62.6. The fourth-order valence-corrected chi connectivity index (χ4v) is 8.48. The number of benzene rings is 3. The van der Waals surface area contributed by atoms with Crippen molar-refractivity contribution in [3.05, 3.63) is 108 Å². The summed E-state index contributed by atoms with van der Waals surface area (Å²) in [6.07, 6.45) is 9.51. The van der Waals surface area contributed by atoms with Crippen LogP contribution in [0.1, 0.15) is 97.8 Å². The van der Waals surface area contributed by atoms with E-state index in [0.29, 0.717) is 6.73 Å². The second-order valence-electron chi connectivity index (χ2n) is 21.3. The number of carbonyl (C=O) groups is 2. The Balaban J connectivity index is -0.000000423. The van der Waals surface area contributed by atoms with Crippen LogP contribution in [-0.2, 0) is 38.0 Å². The van der Waals surface area contributed by atoms with E-state index in [9.17, 15) is 9.59 Å². The number of aryl methyl sites for hydroxylation is 3. The highest BCUT2D eigenvalue weighted by Gasteiger charge is 2.16. The lowest BCUT2D eigenvalue weighted by Crippen LogP contribution is -2.46. The number of piperazine rings is 2. The molecule has 0 aliphatic carbocycles. The normalized spacial score (nSPS) is 16.9. The third-order valence-electron chi connectivity index (χ3n) is 13.3. The van der Waals surface area contributed by atoms with Gasteiger partial charge in [-0.15, -0.1) is 0 Å². The first-order chi connectivity index (χ1) is 39.1. The van der Waals surface area contributed by atoms with Crippen molar-refractivity contribution in [3.63, 3.8) is 0 Å². The molecular weight excluding hydrogens is 1060 g/mol. The fourth-order valence-electron chi connectivity index (χ4n) is 8.48. The number of methoxy groups -OCH3 is 5. The van der Waals surface area contributed by atoms with Gasteiger partial charge in [-0.3, -0.25) is 34.1 Å². The maximum Gasteiger partial charge on any atom is 0.219 e. The van der Waals surface area contributed by atoms with Gasteiger partial charge in [-0.1, -0.05) is 136 Å². The molecule has 0 saturated carbocycles. The Hall–Kier alpha value is -3.92. The number of hydrogen-bond acceptors (Lipinski definition) is 15. The maximum absolute atomic E-state index is 10.8. The third-order valence-corrected chi connectivity index (χ3v) is 13.3. The smallest absolute Gasteiger partial charge is 0.219 e. The molecule has 6 heterocycles. The Morgan fingerprint density at radius 3 is 0.833 bits per heavy atom. The molecule has 17 nitrogen and oxygen atoms in total. The zero-order valence-electron chi connectivity index (χ0n) is 53.7. The highest BCUT2D eigenvalue weighted by molar-refractivity contribution is 5.73. The molecule has 0 spiro atoms. The Morgan fingerprint density at radius 1 is 0.393 bits per heavy atom. The number of nitrogens with zero attached hydrogens (tertiary/aromatic N) is 9. The summed E-state index contributed by atoms with van der Waals surface area (Å²) in [7, 11) is 16.7. The molecule has 490 valence electrons. The zero-order chi connectivity index (χ0) is 60.1.